The number of ketones is 1. The number of anilines is 2. The third-order valence-electron chi connectivity index (χ3n) is 16.3. The first kappa shape index (κ1) is 66.4. The van der Waals surface area contributed by atoms with Crippen molar-refractivity contribution in [3.8, 4) is 0 Å². The number of hydrogen-bond acceptors (Lipinski definition) is 22. The number of nitrogens with one attached hydrogen (secondary N) is 1. The average Bonchev–Trinajstić information content (AvgIpc) is 3.59. The Morgan fingerprint density at radius 2 is 1.01 bits per heavy atom. The molecular formula is C58H87N11O16. The van der Waals surface area contributed by atoms with Crippen molar-refractivity contribution in [1.29, 1.82) is 0 Å². The number of Topliss-reactive ketones (excluding diaryl/α,β-unsaturated/α-hetero) is 1. The van der Waals surface area contributed by atoms with Crippen molar-refractivity contribution in [1.82, 2.24) is 43.5 Å². The molecule has 0 spiro atoms. The number of hydrogen-bond donors (Lipinski definition) is 7. The summed E-state index contributed by atoms with van der Waals surface area (Å²) in [5, 5.41) is 38.1. The second-order valence-electron chi connectivity index (χ2n) is 21.3. The van der Waals surface area contributed by atoms with Crippen molar-refractivity contribution in [2.24, 2.45) is 0 Å². The number of methoxy groups -OCH3 is 4. The van der Waals surface area contributed by atoms with Crippen LogP contribution in [0.25, 0.3) is 22.1 Å². The number of aliphatic hydroxyl groups excluding tert-OH is 4. The van der Waals surface area contributed by atoms with Gasteiger partial charge in [-0.05, 0) is 69.4 Å². The Bertz CT molecular complexity index is 3160. The normalized spacial score (nSPS) is 26.6. The van der Waals surface area contributed by atoms with Crippen LogP contribution in [0.2, 0.25) is 0 Å². The lowest BCUT2D eigenvalue weighted by atomic mass is 10.0. The summed E-state index contributed by atoms with van der Waals surface area (Å²) in [5.74, 6) is -0.00158. The highest BCUT2D eigenvalue weighted by atomic mass is 16.6. The summed E-state index contributed by atoms with van der Waals surface area (Å²) in [4.78, 5) is 68.8. The fourth-order valence-electron chi connectivity index (χ4n) is 11.8. The summed E-state index contributed by atoms with van der Waals surface area (Å²) < 4.78 is 50.8. The molecule has 5 aliphatic heterocycles. The number of aromatic nitrogens is 8. The molecule has 10 heterocycles. The molecule has 12 unspecified atom stereocenters. The molecule has 5 aromatic heterocycles. The topological polar surface area (TPSA) is 360 Å². The standard InChI is InChI=1S/C16H23N3O3.C15H22N4O4.C14H21NO5.C13H21N3O4/c1-4-11-8-19(16-15(11)10(2)17-9-18-16)14-7-13(21-3)12(22-14)5-6-20;1-3-8-7-19(13-12(8)14(21)18-15(16)17-13)11-6-10(22-2)9(23-11)4-5-20;1-3-9-8-15(13(18)6-10(9)17)14-7-12(19-2)11(20-14)4-5-16;1-3-8-7-16(13(18)15-12(8)14)11-6-10(19-2)9(20-11)4-5-17/h8-9,12-14,20H,4-7H2,1-3H3;7,9-11,20H,3-6H2,1-2H3,(H3,16,17,18,21);8,11-12,14,16H,3-7H2,1-2H3;7,9-11,17H,3-6H2,1-2H3,(H2,14,15,18). The Balaban J connectivity index is 0.000000163. The van der Waals surface area contributed by atoms with Crippen LogP contribution >= 0.6 is 0 Å². The van der Waals surface area contributed by atoms with E-state index >= 15 is 0 Å². The maximum Gasteiger partial charge on any atom is 0.351 e. The number of ether oxygens (including phenoxy) is 8. The van der Waals surface area contributed by atoms with Gasteiger partial charge in [0, 0.05) is 122 Å². The van der Waals surface area contributed by atoms with Crippen LogP contribution in [0.5, 0.6) is 0 Å². The van der Waals surface area contributed by atoms with E-state index in [1.54, 1.807) is 47.2 Å². The van der Waals surface area contributed by atoms with Gasteiger partial charge in [0.1, 0.15) is 42.7 Å². The lowest BCUT2D eigenvalue weighted by molar-refractivity contribution is -0.144. The number of aryl methyl sites for hydroxylation is 4. The lowest BCUT2D eigenvalue weighted by Gasteiger charge is -2.29. The third kappa shape index (κ3) is 15.2. The summed E-state index contributed by atoms with van der Waals surface area (Å²) in [7, 11) is 6.52. The molecule has 470 valence electrons. The lowest BCUT2D eigenvalue weighted by Crippen LogP contribution is -2.40. The summed E-state index contributed by atoms with van der Waals surface area (Å²) in [6.45, 7) is 10.1. The SMILES string of the molecule is CCC1=CN(C2CC(OC)C(CCO)O2)C(=O)CC1=O.CCc1cn(C2CC(OC)C(CCO)O2)c(=O)nc1N.CCc1cn(C2CC(OC)C(CCO)O2)c2nc(N)[nH]c(=O)c12.CCc1cn(C2CC(OC)C(CCO)O2)c2ncnc(C)c12. The van der Waals surface area contributed by atoms with E-state index in [1.165, 1.54) is 15.0 Å². The molecule has 4 saturated heterocycles. The zero-order valence-electron chi connectivity index (χ0n) is 50.3. The van der Waals surface area contributed by atoms with Crippen LogP contribution in [-0.2, 0) is 66.7 Å². The van der Waals surface area contributed by atoms with Crippen molar-refractivity contribution in [2.75, 3.05) is 66.3 Å². The van der Waals surface area contributed by atoms with Gasteiger partial charge in [-0.25, -0.2) is 14.8 Å². The van der Waals surface area contributed by atoms with Crippen LogP contribution in [0, 0.1) is 6.92 Å². The number of carbonyl (C=O) groups excluding carboxylic acids is 2. The van der Waals surface area contributed by atoms with Crippen molar-refractivity contribution in [3.05, 3.63) is 79.9 Å². The Morgan fingerprint density at radius 3 is 1.47 bits per heavy atom. The fourth-order valence-corrected chi connectivity index (χ4v) is 11.8. The molecule has 27 heteroatoms. The Morgan fingerprint density at radius 1 is 0.576 bits per heavy atom. The smallest absolute Gasteiger partial charge is 0.351 e. The van der Waals surface area contributed by atoms with E-state index in [-0.39, 0.29) is 123 Å². The Hall–Kier alpha value is -6.08. The van der Waals surface area contributed by atoms with E-state index in [0.717, 1.165) is 40.7 Å². The zero-order valence-corrected chi connectivity index (χ0v) is 50.3. The highest BCUT2D eigenvalue weighted by Crippen LogP contribution is 2.38. The number of nitrogens with zero attached hydrogens (tertiary/aromatic N) is 8. The molecule has 0 aromatic carbocycles. The molecular weight excluding hydrogens is 1110 g/mol. The molecule has 0 aliphatic carbocycles. The van der Waals surface area contributed by atoms with Crippen LogP contribution < -0.4 is 22.7 Å². The molecule has 27 nitrogen and oxygen atoms in total. The van der Waals surface area contributed by atoms with Crippen LogP contribution in [0.4, 0.5) is 11.8 Å². The van der Waals surface area contributed by atoms with E-state index < -0.39 is 18.1 Å². The van der Waals surface area contributed by atoms with Gasteiger partial charge < -0.3 is 78.9 Å². The molecule has 4 fully saturated rings. The molecule has 1 amide bonds. The molecule has 12 atom stereocenters. The first-order valence-electron chi connectivity index (χ1n) is 29.3. The summed E-state index contributed by atoms with van der Waals surface area (Å²) in [6.07, 6.45) is 13.9. The molecule has 5 aliphatic rings. The number of aromatic amines is 1. The van der Waals surface area contributed by atoms with E-state index in [0.29, 0.717) is 80.8 Å². The van der Waals surface area contributed by atoms with Crippen LogP contribution in [0.15, 0.2) is 46.3 Å². The Labute approximate surface area is 493 Å². The number of aliphatic hydroxyl groups is 4. The monoisotopic (exact) mass is 1190 g/mol. The van der Waals surface area contributed by atoms with E-state index in [1.807, 2.05) is 38.5 Å². The first-order chi connectivity index (χ1) is 41.0. The highest BCUT2D eigenvalue weighted by Gasteiger charge is 2.42. The summed E-state index contributed by atoms with van der Waals surface area (Å²) in [6, 6.07) is 0. The number of nitrogen functional groups attached to an aromatic ring is 2. The van der Waals surface area contributed by atoms with Crippen molar-refractivity contribution in [2.45, 2.75) is 192 Å². The molecule has 0 saturated carbocycles. The Kier molecular flexibility index (Phi) is 24.2. The maximum atomic E-state index is 12.2. The molecule has 10 rings (SSSR count). The number of nitrogens with two attached hydrogens (primary N) is 2. The van der Waals surface area contributed by atoms with Gasteiger partial charge >= 0.3 is 5.69 Å². The predicted molar refractivity (Wildman–Crippen MR) is 312 cm³/mol. The second kappa shape index (κ2) is 31.0. The van der Waals surface area contributed by atoms with Crippen molar-refractivity contribution < 1.29 is 67.9 Å². The van der Waals surface area contributed by atoms with Crippen molar-refractivity contribution >= 4 is 45.5 Å². The van der Waals surface area contributed by atoms with Gasteiger partial charge in [0.25, 0.3) is 5.56 Å². The van der Waals surface area contributed by atoms with Crippen LogP contribution in [-0.4, -0.2) is 186 Å². The van der Waals surface area contributed by atoms with Crippen molar-refractivity contribution in [3.63, 3.8) is 0 Å². The van der Waals surface area contributed by atoms with E-state index in [9.17, 15) is 24.3 Å². The van der Waals surface area contributed by atoms with E-state index in [2.05, 4.69) is 42.6 Å². The molecule has 9 N–H and O–H groups in total. The quantitative estimate of drug-likeness (QED) is 0.0550. The number of allylic oxidation sites excluding steroid dienone is 1. The largest absolute Gasteiger partial charge is 0.396 e. The number of H-pyrrole nitrogens is 1. The number of fused-ring (bicyclic) bond motifs is 2. The molecule has 0 radical (unpaired) electrons. The van der Waals surface area contributed by atoms with Crippen LogP contribution in [0.1, 0.15) is 133 Å². The van der Waals surface area contributed by atoms with Gasteiger partial charge in [0.15, 0.2) is 11.4 Å². The van der Waals surface area contributed by atoms with E-state index in [4.69, 9.17) is 64.7 Å². The first-order valence-corrected chi connectivity index (χ1v) is 29.3. The summed E-state index contributed by atoms with van der Waals surface area (Å²) in [5.41, 5.74) is 16.7. The van der Waals surface area contributed by atoms with Crippen LogP contribution in [0.3, 0.4) is 0 Å². The van der Waals surface area contributed by atoms with Gasteiger partial charge in [-0.2, -0.15) is 9.97 Å². The zero-order chi connectivity index (χ0) is 61.6. The number of amides is 1. The van der Waals surface area contributed by atoms with Gasteiger partial charge in [0.2, 0.25) is 11.9 Å². The fraction of sp³-hybridized carbons (Fsp3) is 0.655. The summed E-state index contributed by atoms with van der Waals surface area (Å²) >= 11 is 0. The highest BCUT2D eigenvalue weighted by molar-refractivity contribution is 6.09. The minimum Gasteiger partial charge on any atom is -0.396 e. The number of rotatable bonds is 20. The average molecular weight is 1190 g/mol. The van der Waals surface area contributed by atoms with Gasteiger partial charge in [-0.1, -0.05) is 27.7 Å². The van der Waals surface area contributed by atoms with Gasteiger partial charge in [0.05, 0.1) is 66.3 Å². The third-order valence-corrected chi connectivity index (χ3v) is 16.3. The molecule has 85 heavy (non-hydrogen) atoms. The van der Waals surface area contributed by atoms with Gasteiger partial charge in [-0.15, -0.1) is 0 Å². The number of carbonyl (C=O) groups is 2. The molecule has 0 bridgehead atoms. The molecule has 5 aromatic rings. The minimum atomic E-state index is -0.428. The predicted octanol–water partition coefficient (Wildman–Crippen LogP) is 3.21. The second-order valence-corrected chi connectivity index (χ2v) is 21.3. The van der Waals surface area contributed by atoms with Gasteiger partial charge in [-0.3, -0.25) is 28.8 Å². The maximum absolute atomic E-state index is 12.2. The minimum absolute atomic E-state index is 0.00242.